The van der Waals surface area contributed by atoms with Crippen LogP contribution in [0.3, 0.4) is 0 Å². The van der Waals surface area contributed by atoms with E-state index in [1.165, 1.54) is 18.1 Å². The van der Waals surface area contributed by atoms with Gasteiger partial charge in [0.05, 0.1) is 14.2 Å². The third-order valence-electron chi connectivity index (χ3n) is 9.65. The van der Waals surface area contributed by atoms with E-state index in [0.29, 0.717) is 16.8 Å². The lowest BCUT2D eigenvalue weighted by Crippen LogP contribution is -2.57. The number of hydrogen-bond donors (Lipinski definition) is 0. The van der Waals surface area contributed by atoms with Crippen molar-refractivity contribution in [3.63, 3.8) is 0 Å². The molecule has 2 heterocycles. The third kappa shape index (κ3) is 4.13. The van der Waals surface area contributed by atoms with Crippen LogP contribution in [-0.4, -0.2) is 33.0 Å². The van der Waals surface area contributed by atoms with Crippen LogP contribution in [-0.2, 0) is 21.1 Å². The lowest BCUT2D eigenvalue weighted by Gasteiger charge is -2.58. The molecule has 2 aliphatic carbocycles. The summed E-state index contributed by atoms with van der Waals surface area (Å²) < 4.78 is 56.8. The van der Waals surface area contributed by atoms with Crippen LogP contribution < -0.4 is 18.4 Å². The van der Waals surface area contributed by atoms with Gasteiger partial charge in [-0.3, -0.25) is 0 Å². The molecule has 220 valence electrons. The summed E-state index contributed by atoms with van der Waals surface area (Å²) in [4.78, 5) is -0.115. The Bertz CT molecular complexity index is 1740. The first kappa shape index (κ1) is 27.1. The summed E-state index contributed by atoms with van der Waals surface area (Å²) in [5, 5.41) is 7.63. The van der Waals surface area contributed by atoms with E-state index in [-0.39, 0.29) is 27.5 Å². The summed E-state index contributed by atoms with van der Waals surface area (Å²) >= 11 is 0. The maximum absolute atomic E-state index is 13.9. The Morgan fingerprint density at radius 2 is 1.57 bits per heavy atom. The minimum atomic E-state index is -4.34. The third-order valence-corrected chi connectivity index (χ3v) is 10.9. The number of nitrogens with zero attached hydrogens (tertiary/aromatic N) is 2. The van der Waals surface area contributed by atoms with Crippen molar-refractivity contribution in [3.8, 4) is 23.0 Å². The van der Waals surface area contributed by atoms with Gasteiger partial charge in [0.1, 0.15) is 33.3 Å². The fourth-order valence-corrected chi connectivity index (χ4v) is 8.96. The minimum Gasteiger partial charge on any atom is -0.497 e. The van der Waals surface area contributed by atoms with Gasteiger partial charge in [-0.15, -0.1) is 0 Å². The SMILES string of the molecule is COc1ccc2c(c1)O[C@@]1(c3ccc(OC)cc3OS(=O)(=O)c3cccc4nonc34)CCCC[C@@H]1C21CCCCC1. The second-order valence-electron chi connectivity index (χ2n) is 11.7. The summed E-state index contributed by atoms with van der Waals surface area (Å²) in [6.07, 6.45) is 9.40. The van der Waals surface area contributed by atoms with Gasteiger partial charge in [-0.05, 0) is 72.7 Å². The number of ether oxygens (including phenoxy) is 3. The first-order valence-electron chi connectivity index (χ1n) is 14.6. The van der Waals surface area contributed by atoms with Crippen LogP contribution >= 0.6 is 0 Å². The van der Waals surface area contributed by atoms with Crippen LogP contribution in [0.25, 0.3) is 11.0 Å². The molecule has 0 radical (unpaired) electrons. The van der Waals surface area contributed by atoms with Crippen molar-refractivity contribution in [3.05, 3.63) is 65.7 Å². The van der Waals surface area contributed by atoms with E-state index in [1.807, 2.05) is 24.3 Å². The average molecular weight is 591 g/mol. The van der Waals surface area contributed by atoms with Gasteiger partial charge in [0.25, 0.3) is 0 Å². The summed E-state index contributed by atoms with van der Waals surface area (Å²) in [6.45, 7) is 0. The molecule has 0 unspecified atom stereocenters. The highest BCUT2D eigenvalue weighted by atomic mass is 32.2. The fourth-order valence-electron chi connectivity index (χ4n) is 7.87. The highest BCUT2D eigenvalue weighted by Crippen LogP contribution is 2.64. The van der Waals surface area contributed by atoms with Gasteiger partial charge in [0.15, 0.2) is 11.3 Å². The summed E-state index contributed by atoms with van der Waals surface area (Å²) in [5.41, 5.74) is 1.50. The van der Waals surface area contributed by atoms with Crippen molar-refractivity contribution >= 4 is 21.2 Å². The monoisotopic (exact) mass is 590 g/mol. The predicted octanol–water partition coefficient (Wildman–Crippen LogP) is 6.69. The van der Waals surface area contributed by atoms with Crippen molar-refractivity contribution < 1.29 is 31.4 Å². The van der Waals surface area contributed by atoms with Crippen LogP contribution in [0.15, 0.2) is 64.1 Å². The normalized spacial score (nSPS) is 23.0. The van der Waals surface area contributed by atoms with E-state index in [4.69, 9.17) is 23.0 Å². The Kier molecular flexibility index (Phi) is 6.56. The molecule has 0 saturated heterocycles. The standard InChI is InChI=1S/C32H34N2O7S/c1-37-21-12-14-23-26(19-21)39-32(18-7-4-11-29(32)31(23)16-5-3-6-17-31)24-15-13-22(38-2)20-27(24)40-42(35,36)28-10-8-9-25-30(28)34-41-33-25/h8-10,12-15,19-20,29H,3-7,11,16-18H2,1-2H3/t29-,32-/m1/s1. The zero-order valence-corrected chi connectivity index (χ0v) is 24.6. The second-order valence-corrected chi connectivity index (χ2v) is 13.2. The molecule has 2 saturated carbocycles. The summed E-state index contributed by atoms with van der Waals surface area (Å²) in [5.74, 6) is 2.34. The molecule has 0 bridgehead atoms. The van der Waals surface area contributed by atoms with Crippen LogP contribution in [0.5, 0.6) is 23.0 Å². The number of rotatable bonds is 6. The van der Waals surface area contributed by atoms with Crippen molar-refractivity contribution in [2.24, 2.45) is 5.92 Å². The lowest BCUT2D eigenvalue weighted by molar-refractivity contribution is -0.0956. The Balaban J connectivity index is 1.42. The number of hydrogen-bond acceptors (Lipinski definition) is 9. The van der Waals surface area contributed by atoms with Gasteiger partial charge in [0, 0.05) is 34.6 Å². The van der Waals surface area contributed by atoms with Gasteiger partial charge in [0.2, 0.25) is 0 Å². The molecular weight excluding hydrogens is 556 g/mol. The highest BCUT2D eigenvalue weighted by Gasteiger charge is 2.60. The maximum atomic E-state index is 13.9. The molecule has 2 atom stereocenters. The summed E-state index contributed by atoms with van der Waals surface area (Å²) in [6, 6.07) is 16.3. The van der Waals surface area contributed by atoms with Crippen molar-refractivity contribution in [2.75, 3.05) is 14.2 Å². The van der Waals surface area contributed by atoms with Crippen LogP contribution in [0.2, 0.25) is 0 Å². The van der Waals surface area contributed by atoms with E-state index in [2.05, 4.69) is 16.4 Å². The van der Waals surface area contributed by atoms with Gasteiger partial charge in [-0.1, -0.05) is 37.8 Å². The molecular formula is C32H34N2O7S. The quantitative estimate of drug-likeness (QED) is 0.227. The number of fused-ring (bicyclic) bond motifs is 5. The van der Waals surface area contributed by atoms with Crippen molar-refractivity contribution in [1.82, 2.24) is 10.3 Å². The first-order valence-corrected chi connectivity index (χ1v) is 16.0. The smallest absolute Gasteiger partial charge is 0.341 e. The van der Waals surface area contributed by atoms with Crippen LogP contribution in [0, 0.1) is 5.92 Å². The summed E-state index contributed by atoms with van der Waals surface area (Å²) in [7, 11) is -1.13. The largest absolute Gasteiger partial charge is 0.497 e. The van der Waals surface area contributed by atoms with Crippen LogP contribution in [0.1, 0.15) is 68.9 Å². The molecule has 10 heteroatoms. The van der Waals surface area contributed by atoms with Gasteiger partial charge in [-0.25, -0.2) is 4.63 Å². The fraction of sp³-hybridized carbons (Fsp3) is 0.438. The zero-order valence-electron chi connectivity index (χ0n) is 23.8. The highest BCUT2D eigenvalue weighted by molar-refractivity contribution is 7.87. The zero-order chi connectivity index (χ0) is 29.0. The molecule has 3 aliphatic rings. The van der Waals surface area contributed by atoms with E-state index in [1.54, 1.807) is 32.4 Å². The van der Waals surface area contributed by atoms with Crippen molar-refractivity contribution in [2.45, 2.75) is 73.7 Å². The molecule has 3 aromatic carbocycles. The molecule has 1 aromatic heterocycles. The average Bonchev–Trinajstić information content (AvgIpc) is 3.50. The molecule has 0 N–H and O–H groups in total. The molecule has 7 rings (SSSR count). The minimum absolute atomic E-state index is 0.0907. The first-order chi connectivity index (χ1) is 20.4. The number of benzene rings is 3. The van der Waals surface area contributed by atoms with E-state index >= 15 is 0 Å². The molecule has 1 aliphatic heterocycles. The molecule has 9 nitrogen and oxygen atoms in total. The van der Waals surface area contributed by atoms with Gasteiger partial charge >= 0.3 is 10.1 Å². The number of methoxy groups -OCH3 is 2. The van der Waals surface area contributed by atoms with E-state index in [0.717, 1.165) is 62.9 Å². The van der Waals surface area contributed by atoms with Crippen molar-refractivity contribution in [1.29, 1.82) is 0 Å². The second kappa shape index (κ2) is 10.2. The van der Waals surface area contributed by atoms with E-state index < -0.39 is 15.7 Å². The molecule has 4 aromatic rings. The predicted molar refractivity (Wildman–Crippen MR) is 155 cm³/mol. The Labute approximate surface area is 245 Å². The van der Waals surface area contributed by atoms with Gasteiger partial charge in [-0.2, -0.15) is 8.42 Å². The Morgan fingerprint density at radius 3 is 2.36 bits per heavy atom. The lowest BCUT2D eigenvalue weighted by atomic mass is 9.51. The molecule has 1 spiro atoms. The Morgan fingerprint density at radius 1 is 0.833 bits per heavy atom. The van der Waals surface area contributed by atoms with Gasteiger partial charge < -0.3 is 18.4 Å². The van der Waals surface area contributed by atoms with E-state index in [9.17, 15) is 8.42 Å². The maximum Gasteiger partial charge on any atom is 0.341 e. The Hall–Kier alpha value is -3.79. The van der Waals surface area contributed by atoms with Crippen LogP contribution in [0.4, 0.5) is 0 Å². The molecule has 0 amide bonds. The topological polar surface area (TPSA) is 110 Å². The number of aromatic nitrogens is 2. The molecule has 42 heavy (non-hydrogen) atoms. The molecule has 2 fully saturated rings.